The molecule has 0 bridgehead atoms. The van der Waals surface area contributed by atoms with E-state index in [1.54, 1.807) is 0 Å². The van der Waals surface area contributed by atoms with Crippen molar-refractivity contribution in [1.82, 2.24) is 14.7 Å². The van der Waals surface area contributed by atoms with Crippen LogP contribution in [0, 0.1) is 6.92 Å². The summed E-state index contributed by atoms with van der Waals surface area (Å²) in [6, 6.07) is 11.8. The highest BCUT2D eigenvalue weighted by Crippen LogP contribution is 2.34. The summed E-state index contributed by atoms with van der Waals surface area (Å²) < 4.78 is 7.99. The SMILES string of the molecule is Cc1cc(-c2nn(COCC[Si](C)(C)C)c3ccc(Cl)cc23)cc2c1CCN(C)C2. The van der Waals surface area contributed by atoms with Gasteiger partial charge in [0.15, 0.2) is 0 Å². The first-order valence-electron chi connectivity index (χ1n) is 10.8. The molecule has 1 aromatic heterocycles. The molecule has 4 rings (SSSR count). The lowest BCUT2D eigenvalue weighted by molar-refractivity contribution is 0.0818. The average Bonchev–Trinajstić information content (AvgIpc) is 3.01. The monoisotopic (exact) mass is 441 g/mol. The molecule has 2 heterocycles. The van der Waals surface area contributed by atoms with Gasteiger partial charge in [-0.25, -0.2) is 4.68 Å². The van der Waals surface area contributed by atoms with Crippen LogP contribution in [0.2, 0.25) is 30.7 Å². The minimum Gasteiger partial charge on any atom is -0.360 e. The van der Waals surface area contributed by atoms with E-state index in [1.165, 1.54) is 16.7 Å². The topological polar surface area (TPSA) is 30.3 Å². The quantitative estimate of drug-likeness (QED) is 0.349. The number of halogens is 1. The Balaban J connectivity index is 1.70. The van der Waals surface area contributed by atoms with Crippen LogP contribution in [-0.4, -0.2) is 43.0 Å². The van der Waals surface area contributed by atoms with Crippen molar-refractivity contribution in [2.75, 3.05) is 20.2 Å². The molecule has 1 aliphatic heterocycles. The van der Waals surface area contributed by atoms with Gasteiger partial charge in [0.2, 0.25) is 0 Å². The maximum absolute atomic E-state index is 6.36. The van der Waals surface area contributed by atoms with Gasteiger partial charge in [-0.3, -0.25) is 0 Å². The third-order valence-electron chi connectivity index (χ3n) is 5.95. The van der Waals surface area contributed by atoms with Gasteiger partial charge in [-0.1, -0.05) is 31.2 Å². The zero-order valence-corrected chi connectivity index (χ0v) is 20.5. The van der Waals surface area contributed by atoms with Crippen LogP contribution < -0.4 is 0 Å². The highest BCUT2D eigenvalue weighted by atomic mass is 35.5. The molecule has 6 heteroatoms. The number of benzene rings is 2. The molecule has 3 aromatic rings. The van der Waals surface area contributed by atoms with E-state index in [1.807, 2.05) is 16.8 Å². The zero-order chi connectivity index (χ0) is 21.5. The summed E-state index contributed by atoms with van der Waals surface area (Å²) in [7, 11) is 1.08. The summed E-state index contributed by atoms with van der Waals surface area (Å²) in [5.41, 5.74) is 7.47. The summed E-state index contributed by atoms with van der Waals surface area (Å²) in [5, 5.41) is 6.79. The number of aromatic nitrogens is 2. The molecule has 0 amide bonds. The number of nitrogens with zero attached hydrogens (tertiary/aromatic N) is 3. The molecule has 160 valence electrons. The normalized spacial score (nSPS) is 15.0. The number of ether oxygens (including phenoxy) is 1. The van der Waals surface area contributed by atoms with E-state index in [2.05, 4.69) is 56.7 Å². The molecule has 0 aliphatic carbocycles. The third kappa shape index (κ3) is 4.64. The van der Waals surface area contributed by atoms with Crippen molar-refractivity contribution in [2.45, 2.75) is 52.3 Å². The van der Waals surface area contributed by atoms with E-state index >= 15 is 0 Å². The van der Waals surface area contributed by atoms with E-state index in [-0.39, 0.29) is 0 Å². The Labute approximate surface area is 185 Å². The minimum atomic E-state index is -1.11. The molecular formula is C24H32ClN3OSi. The van der Waals surface area contributed by atoms with E-state index in [0.29, 0.717) is 6.73 Å². The van der Waals surface area contributed by atoms with Crippen LogP contribution in [0.15, 0.2) is 30.3 Å². The predicted molar refractivity (Wildman–Crippen MR) is 129 cm³/mol. The second-order valence-electron chi connectivity index (χ2n) is 9.78. The van der Waals surface area contributed by atoms with Gasteiger partial charge in [0.1, 0.15) is 12.4 Å². The van der Waals surface area contributed by atoms with Crippen molar-refractivity contribution < 1.29 is 4.74 Å². The number of hydrogen-bond donors (Lipinski definition) is 0. The van der Waals surface area contributed by atoms with Crippen molar-refractivity contribution in [3.63, 3.8) is 0 Å². The Morgan fingerprint density at radius 2 is 1.97 bits per heavy atom. The highest BCUT2D eigenvalue weighted by molar-refractivity contribution is 6.76. The molecule has 0 N–H and O–H groups in total. The Morgan fingerprint density at radius 1 is 1.17 bits per heavy atom. The van der Waals surface area contributed by atoms with Crippen molar-refractivity contribution in [1.29, 1.82) is 0 Å². The van der Waals surface area contributed by atoms with E-state index < -0.39 is 8.07 Å². The lowest BCUT2D eigenvalue weighted by atomic mass is 9.91. The second kappa shape index (κ2) is 8.46. The molecule has 0 saturated heterocycles. The zero-order valence-electron chi connectivity index (χ0n) is 18.8. The van der Waals surface area contributed by atoms with E-state index in [0.717, 1.165) is 59.3 Å². The van der Waals surface area contributed by atoms with E-state index in [4.69, 9.17) is 21.4 Å². The fraction of sp³-hybridized carbons (Fsp3) is 0.458. The number of aryl methyl sites for hydroxylation is 1. The van der Waals surface area contributed by atoms with Gasteiger partial charge in [0, 0.05) is 43.7 Å². The Kier molecular flexibility index (Phi) is 6.08. The molecule has 0 saturated carbocycles. The van der Waals surface area contributed by atoms with Crippen LogP contribution in [0.25, 0.3) is 22.2 Å². The minimum absolute atomic E-state index is 0.468. The lowest BCUT2D eigenvalue weighted by Crippen LogP contribution is -2.27. The molecule has 2 aromatic carbocycles. The number of hydrogen-bond acceptors (Lipinski definition) is 3. The van der Waals surface area contributed by atoms with E-state index in [9.17, 15) is 0 Å². The van der Waals surface area contributed by atoms with Gasteiger partial charge < -0.3 is 9.64 Å². The fourth-order valence-corrected chi connectivity index (χ4v) is 5.12. The summed E-state index contributed by atoms with van der Waals surface area (Å²) >= 11 is 6.36. The summed E-state index contributed by atoms with van der Waals surface area (Å²) in [5.74, 6) is 0. The summed E-state index contributed by atoms with van der Waals surface area (Å²) in [4.78, 5) is 2.38. The van der Waals surface area contributed by atoms with Gasteiger partial charge >= 0.3 is 0 Å². The number of fused-ring (bicyclic) bond motifs is 2. The van der Waals surface area contributed by atoms with Crippen LogP contribution >= 0.6 is 11.6 Å². The average molecular weight is 442 g/mol. The van der Waals surface area contributed by atoms with Crippen molar-refractivity contribution >= 4 is 30.6 Å². The van der Waals surface area contributed by atoms with Gasteiger partial charge in [-0.2, -0.15) is 5.10 Å². The maximum atomic E-state index is 6.36. The van der Waals surface area contributed by atoms with Gasteiger partial charge in [0.25, 0.3) is 0 Å². The Morgan fingerprint density at radius 3 is 2.73 bits per heavy atom. The molecule has 0 spiro atoms. The number of rotatable bonds is 6. The smallest absolute Gasteiger partial charge is 0.140 e. The number of likely N-dealkylation sites (N-methyl/N-ethyl adjacent to an activating group) is 1. The molecule has 4 nitrogen and oxygen atoms in total. The standard InChI is InChI=1S/C24H32ClN3OSi/c1-17-12-18(13-19-15-27(2)9-8-21(17)19)24-22-14-20(25)6-7-23(22)28(26-24)16-29-10-11-30(3,4)5/h6-7,12-14H,8-11,15-16H2,1-5H3. The van der Waals surface area contributed by atoms with Crippen LogP contribution in [0.3, 0.4) is 0 Å². The second-order valence-corrected chi connectivity index (χ2v) is 15.8. The molecule has 1 aliphatic rings. The predicted octanol–water partition coefficient (Wildman–Crippen LogP) is 5.97. The van der Waals surface area contributed by atoms with Gasteiger partial charge in [0.05, 0.1) is 5.52 Å². The fourth-order valence-electron chi connectivity index (χ4n) is 4.19. The molecular weight excluding hydrogens is 410 g/mol. The molecule has 30 heavy (non-hydrogen) atoms. The highest BCUT2D eigenvalue weighted by Gasteiger charge is 2.20. The molecule has 0 fully saturated rings. The van der Waals surface area contributed by atoms with Crippen LogP contribution in [-0.2, 0) is 24.4 Å². The summed E-state index contributed by atoms with van der Waals surface area (Å²) in [6.45, 7) is 12.7. The van der Waals surface area contributed by atoms with Gasteiger partial charge in [-0.15, -0.1) is 0 Å². The largest absolute Gasteiger partial charge is 0.360 e. The molecule has 0 radical (unpaired) electrons. The lowest BCUT2D eigenvalue weighted by Gasteiger charge is -2.26. The summed E-state index contributed by atoms with van der Waals surface area (Å²) in [6.07, 6.45) is 1.11. The maximum Gasteiger partial charge on any atom is 0.140 e. The Hall–Kier alpha value is -1.66. The van der Waals surface area contributed by atoms with Crippen molar-refractivity contribution in [3.05, 3.63) is 52.0 Å². The van der Waals surface area contributed by atoms with Crippen molar-refractivity contribution in [2.24, 2.45) is 0 Å². The van der Waals surface area contributed by atoms with Gasteiger partial charge in [-0.05, 0) is 73.5 Å². The van der Waals surface area contributed by atoms with Crippen LogP contribution in [0.5, 0.6) is 0 Å². The first-order valence-corrected chi connectivity index (χ1v) is 14.8. The first-order chi connectivity index (χ1) is 14.2. The molecule has 0 unspecified atom stereocenters. The Bertz CT molecular complexity index is 1070. The van der Waals surface area contributed by atoms with Crippen LogP contribution in [0.4, 0.5) is 0 Å². The van der Waals surface area contributed by atoms with Crippen molar-refractivity contribution in [3.8, 4) is 11.3 Å². The molecule has 0 atom stereocenters. The van der Waals surface area contributed by atoms with Crippen LogP contribution in [0.1, 0.15) is 16.7 Å². The first kappa shape index (κ1) is 21.6. The third-order valence-corrected chi connectivity index (χ3v) is 7.88.